The molecule has 0 saturated heterocycles. The second-order valence-corrected chi connectivity index (χ2v) is 3.18. The first-order valence-electron chi connectivity index (χ1n) is 4.27. The summed E-state index contributed by atoms with van der Waals surface area (Å²) in [4.78, 5) is 12.6. The van der Waals surface area contributed by atoms with Gasteiger partial charge in [-0.25, -0.2) is 4.79 Å². The first-order valence-corrected chi connectivity index (χ1v) is 4.74. The number of carbonyl (C=O) groups excluding carboxylic acids is 1. The number of amides is 1. The molecular weight excluding hydrogens is 173 g/mol. The smallest absolute Gasteiger partial charge is 0.411 e. The highest BCUT2D eigenvalue weighted by Crippen LogP contribution is 2.09. The Morgan fingerprint density at radius 3 is 2.33 bits per heavy atom. The van der Waals surface area contributed by atoms with E-state index in [1.54, 1.807) is 11.9 Å². The lowest BCUT2D eigenvalue weighted by atomic mass is 10.0. The minimum atomic E-state index is -0.285. The number of rotatable bonds is 4. The first-order chi connectivity index (χ1) is 5.65. The topological polar surface area (TPSA) is 29.5 Å². The Kier molecular flexibility index (Phi) is 6.09. The Morgan fingerprint density at radius 2 is 2.00 bits per heavy atom. The summed E-state index contributed by atoms with van der Waals surface area (Å²) >= 11 is 0. The van der Waals surface area contributed by atoms with E-state index in [-0.39, 0.29) is 6.09 Å². The van der Waals surface area contributed by atoms with Crippen molar-refractivity contribution in [3.8, 4) is 0 Å². The van der Waals surface area contributed by atoms with Gasteiger partial charge in [0.25, 0.3) is 0 Å². The predicted molar refractivity (Wildman–Crippen MR) is 52.9 cm³/mol. The molecule has 1 atom stereocenters. The molecule has 0 N–H and O–H groups in total. The van der Waals surface area contributed by atoms with E-state index in [4.69, 9.17) is 0 Å². The molecule has 0 aromatic rings. The van der Waals surface area contributed by atoms with E-state index in [0.29, 0.717) is 5.92 Å². The summed E-state index contributed by atoms with van der Waals surface area (Å²) in [5.41, 5.74) is 0. The second-order valence-electron chi connectivity index (χ2n) is 2.95. The van der Waals surface area contributed by atoms with E-state index in [2.05, 4.69) is 18.4 Å². The summed E-state index contributed by atoms with van der Waals surface area (Å²) in [6, 6.07) is 0. The van der Waals surface area contributed by atoms with Crippen LogP contribution in [0.4, 0.5) is 4.79 Å². The summed E-state index contributed by atoms with van der Waals surface area (Å²) in [6.07, 6.45) is 1.92. The van der Waals surface area contributed by atoms with Gasteiger partial charge in [0.2, 0.25) is 0 Å². The van der Waals surface area contributed by atoms with Crippen molar-refractivity contribution in [2.45, 2.75) is 26.7 Å². The quantitative estimate of drug-likeness (QED) is 0.638. The largest absolute Gasteiger partial charge is 0.435 e. The molecule has 0 heterocycles. The Morgan fingerprint density at radius 1 is 1.50 bits per heavy atom. The molecule has 0 spiro atoms. The van der Waals surface area contributed by atoms with Gasteiger partial charge in [0, 0.05) is 13.6 Å². The lowest BCUT2D eigenvalue weighted by Gasteiger charge is -2.20. The highest BCUT2D eigenvalue weighted by molar-refractivity contribution is 7.10. The van der Waals surface area contributed by atoms with Crippen LogP contribution in [0.3, 0.4) is 0 Å². The van der Waals surface area contributed by atoms with Gasteiger partial charge in [-0.15, -0.1) is 0 Å². The number of nitrogens with zero attached hydrogens (tertiary/aromatic N) is 1. The molecule has 0 rings (SSSR count). The number of hydrogen-bond donors (Lipinski definition) is 0. The van der Waals surface area contributed by atoms with Crippen molar-refractivity contribution in [1.82, 2.24) is 4.90 Å². The van der Waals surface area contributed by atoms with E-state index >= 15 is 0 Å². The van der Waals surface area contributed by atoms with Crippen molar-refractivity contribution < 1.29 is 9.32 Å². The molecule has 0 aromatic heterocycles. The fourth-order valence-corrected chi connectivity index (χ4v) is 1.28. The molecule has 0 aromatic carbocycles. The fraction of sp³-hybridized carbons (Fsp3) is 0.875. The highest BCUT2D eigenvalue weighted by atomic mass is 31.0. The summed E-state index contributed by atoms with van der Waals surface area (Å²) in [6.45, 7) is 5.04. The van der Waals surface area contributed by atoms with Gasteiger partial charge in [-0.05, 0) is 5.92 Å². The van der Waals surface area contributed by atoms with E-state index in [1.165, 1.54) is 0 Å². The molecular formula is C8H18NO2P. The Labute approximate surface area is 76.7 Å². The number of carbonyl (C=O) groups is 1. The van der Waals surface area contributed by atoms with Gasteiger partial charge < -0.3 is 9.42 Å². The van der Waals surface area contributed by atoms with Crippen molar-refractivity contribution in [2.24, 2.45) is 5.92 Å². The summed E-state index contributed by atoms with van der Waals surface area (Å²) in [5, 5.41) is 0. The minimum Gasteiger partial charge on any atom is -0.435 e. The fourth-order valence-electron chi connectivity index (χ4n) is 1.10. The first kappa shape index (κ1) is 11.7. The van der Waals surface area contributed by atoms with Gasteiger partial charge in [0.15, 0.2) is 0 Å². The van der Waals surface area contributed by atoms with Gasteiger partial charge in [-0.2, -0.15) is 0 Å². The van der Waals surface area contributed by atoms with Crippen LogP contribution in [0.15, 0.2) is 0 Å². The van der Waals surface area contributed by atoms with E-state index < -0.39 is 0 Å². The summed E-state index contributed by atoms with van der Waals surface area (Å²) in [7, 11) is 3.72. The van der Waals surface area contributed by atoms with Gasteiger partial charge in [-0.1, -0.05) is 26.7 Å². The SMILES string of the molecule is CCC(CC)CN(C)C(=O)OP. The standard InChI is InChI=1S/C8H18NO2P/c1-4-7(5-2)6-9(3)8(10)11-12/h7H,4-6,12H2,1-3H3. The maximum Gasteiger partial charge on any atom is 0.411 e. The van der Waals surface area contributed by atoms with Crippen molar-refractivity contribution in [2.75, 3.05) is 13.6 Å². The van der Waals surface area contributed by atoms with Gasteiger partial charge in [0.05, 0.1) is 9.47 Å². The van der Waals surface area contributed by atoms with Gasteiger partial charge in [-0.3, -0.25) is 0 Å². The maximum absolute atomic E-state index is 11.0. The van der Waals surface area contributed by atoms with Crippen molar-refractivity contribution in [3.63, 3.8) is 0 Å². The zero-order valence-corrected chi connectivity index (χ0v) is 9.19. The maximum atomic E-state index is 11.0. The molecule has 4 heteroatoms. The molecule has 12 heavy (non-hydrogen) atoms. The van der Waals surface area contributed by atoms with Crippen LogP contribution in [-0.4, -0.2) is 24.6 Å². The lowest BCUT2D eigenvalue weighted by Crippen LogP contribution is -2.30. The molecule has 3 nitrogen and oxygen atoms in total. The average molecular weight is 191 g/mol. The van der Waals surface area contributed by atoms with Gasteiger partial charge in [0.1, 0.15) is 0 Å². The van der Waals surface area contributed by atoms with Crippen LogP contribution < -0.4 is 0 Å². The highest BCUT2D eigenvalue weighted by Gasteiger charge is 2.12. The Hall–Kier alpha value is -0.300. The second kappa shape index (κ2) is 6.24. The Balaban J connectivity index is 3.80. The van der Waals surface area contributed by atoms with Crippen LogP contribution in [0.1, 0.15) is 26.7 Å². The third-order valence-corrected chi connectivity index (χ3v) is 2.30. The molecule has 0 bridgehead atoms. The lowest BCUT2D eigenvalue weighted by molar-refractivity contribution is 0.162. The molecule has 1 unspecified atom stereocenters. The van der Waals surface area contributed by atoms with Crippen molar-refractivity contribution >= 4 is 15.6 Å². The number of hydrogen-bond acceptors (Lipinski definition) is 2. The minimum absolute atomic E-state index is 0.285. The molecule has 0 aliphatic heterocycles. The molecule has 0 aliphatic carbocycles. The average Bonchev–Trinajstić information content (AvgIpc) is 2.12. The van der Waals surface area contributed by atoms with E-state index in [9.17, 15) is 4.79 Å². The summed E-state index contributed by atoms with van der Waals surface area (Å²) in [5.74, 6) is 0.582. The third kappa shape index (κ3) is 3.91. The van der Waals surface area contributed by atoms with Crippen molar-refractivity contribution in [3.05, 3.63) is 0 Å². The van der Waals surface area contributed by atoms with Gasteiger partial charge >= 0.3 is 6.09 Å². The van der Waals surface area contributed by atoms with Crippen LogP contribution in [0.25, 0.3) is 0 Å². The van der Waals surface area contributed by atoms with E-state index in [0.717, 1.165) is 19.4 Å². The zero-order chi connectivity index (χ0) is 9.56. The predicted octanol–water partition coefficient (Wildman–Crippen LogP) is 2.28. The molecule has 0 radical (unpaired) electrons. The zero-order valence-electron chi connectivity index (χ0n) is 8.04. The normalized spacial score (nSPS) is 10.1. The van der Waals surface area contributed by atoms with Crippen LogP contribution >= 0.6 is 9.47 Å². The molecule has 0 saturated carbocycles. The third-order valence-electron chi connectivity index (χ3n) is 2.10. The monoisotopic (exact) mass is 191 g/mol. The molecule has 0 fully saturated rings. The van der Waals surface area contributed by atoms with Crippen LogP contribution in [-0.2, 0) is 4.52 Å². The van der Waals surface area contributed by atoms with E-state index in [1.807, 2.05) is 9.47 Å². The molecule has 1 amide bonds. The Bertz CT molecular complexity index is 137. The molecule has 0 aliphatic rings. The van der Waals surface area contributed by atoms with Crippen LogP contribution in [0.2, 0.25) is 0 Å². The summed E-state index contributed by atoms with van der Waals surface area (Å²) < 4.78 is 4.51. The van der Waals surface area contributed by atoms with Crippen molar-refractivity contribution in [1.29, 1.82) is 0 Å². The molecule has 72 valence electrons. The van der Waals surface area contributed by atoms with Crippen LogP contribution in [0, 0.1) is 5.92 Å². The van der Waals surface area contributed by atoms with Crippen LogP contribution in [0.5, 0.6) is 0 Å².